The first-order valence-corrected chi connectivity index (χ1v) is 15.5. The molecule has 2 N–H and O–H groups in total. The number of nitrogens with zero attached hydrogens (tertiary/aromatic N) is 1. The van der Waals surface area contributed by atoms with E-state index in [1.54, 1.807) is 0 Å². The van der Waals surface area contributed by atoms with Crippen LogP contribution < -0.4 is 0 Å². The maximum Gasteiger partial charge on any atom is 0.0618 e. The molecule has 0 spiro atoms. The zero-order valence-electron chi connectivity index (χ0n) is 25.8. The van der Waals surface area contributed by atoms with Gasteiger partial charge in [-0.2, -0.15) is 0 Å². The van der Waals surface area contributed by atoms with E-state index in [4.69, 9.17) is 4.98 Å². The van der Waals surface area contributed by atoms with E-state index >= 15 is 0 Å². The number of aromatic nitrogens is 1. The number of hydrogen-bond donors (Lipinski definition) is 2. The SMILES string of the molecule is CCC(CC)C(O)C(C)C(O)C(CC)CC.Cc1[c-]c(-c2ccc3c(C4CCCC4)cccc3n2)cc(C)c1.[Ir]. The van der Waals surface area contributed by atoms with Crippen LogP contribution >= 0.6 is 0 Å². The molecule has 1 aliphatic rings. The van der Waals surface area contributed by atoms with Crippen LogP contribution in [-0.4, -0.2) is 27.4 Å². The molecule has 4 rings (SSSR count). The van der Waals surface area contributed by atoms with E-state index in [1.165, 1.54) is 47.8 Å². The molecule has 223 valence electrons. The standard InChI is InChI=1S/C22H22N.C14H30O2.Ir/c1-15-12-16(2)14-18(13-15)21-11-10-20-19(17-6-3-4-7-17)8-5-9-22(20)23-21;1-6-11(7-2)13(15)10(5)14(16)12(8-3)9-4;/h5,8-13,17H,3-4,6-7H2,1-2H3;10-16H,6-9H2,1-5H3;/q-1;;. The minimum Gasteiger partial charge on any atom is -0.392 e. The van der Waals surface area contributed by atoms with Crippen LogP contribution in [0.2, 0.25) is 0 Å². The van der Waals surface area contributed by atoms with E-state index in [-0.39, 0.29) is 38.2 Å². The Morgan fingerprint density at radius 3 is 1.95 bits per heavy atom. The molecule has 1 heterocycles. The van der Waals surface area contributed by atoms with Crippen molar-refractivity contribution in [2.24, 2.45) is 17.8 Å². The van der Waals surface area contributed by atoms with Gasteiger partial charge in [0.25, 0.3) is 0 Å². The molecule has 1 aliphatic carbocycles. The van der Waals surface area contributed by atoms with Gasteiger partial charge in [0, 0.05) is 31.4 Å². The maximum absolute atomic E-state index is 10.2. The smallest absolute Gasteiger partial charge is 0.0618 e. The van der Waals surface area contributed by atoms with Crippen LogP contribution in [0.1, 0.15) is 109 Å². The summed E-state index contributed by atoms with van der Waals surface area (Å²) in [4.78, 5) is 4.93. The van der Waals surface area contributed by atoms with Gasteiger partial charge >= 0.3 is 0 Å². The van der Waals surface area contributed by atoms with Gasteiger partial charge in [-0.1, -0.05) is 111 Å². The first-order chi connectivity index (χ1) is 18.7. The molecule has 0 aliphatic heterocycles. The Morgan fingerprint density at radius 1 is 0.850 bits per heavy atom. The third kappa shape index (κ3) is 8.71. The van der Waals surface area contributed by atoms with Crippen LogP contribution in [0.3, 0.4) is 0 Å². The number of aliphatic hydroxyl groups excluding tert-OH is 2. The average molecular weight is 723 g/mol. The molecular formula is C36H52IrNO2-. The summed E-state index contributed by atoms with van der Waals surface area (Å²) in [7, 11) is 0. The van der Waals surface area contributed by atoms with Gasteiger partial charge in [0.2, 0.25) is 0 Å². The van der Waals surface area contributed by atoms with E-state index in [2.05, 4.69) is 90.1 Å². The summed E-state index contributed by atoms with van der Waals surface area (Å²) in [6, 6.07) is 18.8. The van der Waals surface area contributed by atoms with Gasteiger partial charge in [-0.05, 0) is 47.9 Å². The quantitative estimate of drug-likeness (QED) is 0.205. The summed E-state index contributed by atoms with van der Waals surface area (Å²) >= 11 is 0. The zero-order valence-corrected chi connectivity index (χ0v) is 28.2. The third-order valence-electron chi connectivity index (χ3n) is 9.13. The normalized spacial score (nSPS) is 16.0. The van der Waals surface area contributed by atoms with E-state index in [9.17, 15) is 10.2 Å². The molecule has 4 heteroatoms. The summed E-state index contributed by atoms with van der Waals surface area (Å²) in [5.74, 6) is 1.34. The fourth-order valence-electron chi connectivity index (χ4n) is 6.56. The van der Waals surface area contributed by atoms with Gasteiger partial charge in [-0.25, -0.2) is 0 Å². The number of pyridine rings is 1. The molecule has 40 heavy (non-hydrogen) atoms. The van der Waals surface area contributed by atoms with Crippen LogP contribution in [0.15, 0.2) is 42.5 Å². The molecule has 1 radical (unpaired) electrons. The van der Waals surface area contributed by atoms with Crippen LogP contribution in [0.4, 0.5) is 0 Å². The molecule has 0 saturated heterocycles. The number of aryl methyl sites for hydroxylation is 2. The van der Waals surface area contributed by atoms with E-state index in [0.29, 0.717) is 11.8 Å². The number of rotatable bonds is 10. The van der Waals surface area contributed by atoms with Gasteiger partial charge in [0.15, 0.2) is 0 Å². The molecule has 0 amide bonds. The molecular weight excluding hydrogens is 671 g/mol. The Bertz CT molecular complexity index is 1130. The summed E-state index contributed by atoms with van der Waals surface area (Å²) in [6.07, 6.45) is 8.58. The van der Waals surface area contributed by atoms with Crippen molar-refractivity contribution in [2.45, 2.75) is 118 Å². The molecule has 1 aromatic heterocycles. The van der Waals surface area contributed by atoms with Crippen molar-refractivity contribution in [3.05, 3.63) is 65.2 Å². The van der Waals surface area contributed by atoms with Crippen molar-refractivity contribution in [1.29, 1.82) is 0 Å². The first kappa shape index (κ1) is 34.6. The van der Waals surface area contributed by atoms with Crippen molar-refractivity contribution in [2.75, 3.05) is 0 Å². The number of fused-ring (bicyclic) bond motifs is 1. The largest absolute Gasteiger partial charge is 0.392 e. The second kappa shape index (κ2) is 16.8. The van der Waals surface area contributed by atoms with Crippen LogP contribution in [0.25, 0.3) is 22.2 Å². The molecule has 1 saturated carbocycles. The Labute approximate surface area is 257 Å². The second-order valence-corrected chi connectivity index (χ2v) is 11.8. The first-order valence-electron chi connectivity index (χ1n) is 15.5. The van der Waals surface area contributed by atoms with Crippen LogP contribution in [0.5, 0.6) is 0 Å². The van der Waals surface area contributed by atoms with Crippen LogP contribution in [-0.2, 0) is 20.1 Å². The topological polar surface area (TPSA) is 53.4 Å². The monoisotopic (exact) mass is 723 g/mol. The van der Waals surface area contributed by atoms with Crippen LogP contribution in [0, 0.1) is 37.7 Å². The zero-order chi connectivity index (χ0) is 28.5. The molecule has 0 bridgehead atoms. The van der Waals surface area contributed by atoms with E-state index in [0.717, 1.165) is 48.4 Å². The van der Waals surface area contributed by atoms with Gasteiger partial charge in [0.05, 0.1) is 17.7 Å². The average Bonchev–Trinajstić information content (AvgIpc) is 3.48. The van der Waals surface area contributed by atoms with E-state index < -0.39 is 0 Å². The fourth-order valence-corrected chi connectivity index (χ4v) is 6.56. The van der Waals surface area contributed by atoms with Gasteiger partial charge in [-0.3, -0.25) is 4.98 Å². The van der Waals surface area contributed by atoms with Crippen molar-refractivity contribution in [3.8, 4) is 11.3 Å². The molecule has 1 fully saturated rings. The predicted octanol–water partition coefficient (Wildman–Crippen LogP) is 9.19. The molecule has 2 unspecified atom stereocenters. The minimum absolute atomic E-state index is 0. The van der Waals surface area contributed by atoms with Crippen molar-refractivity contribution in [1.82, 2.24) is 4.98 Å². The Balaban J connectivity index is 0.000000294. The van der Waals surface area contributed by atoms with Crippen molar-refractivity contribution < 1.29 is 30.3 Å². The maximum atomic E-state index is 10.2. The second-order valence-electron chi connectivity index (χ2n) is 11.8. The summed E-state index contributed by atoms with van der Waals surface area (Å²) < 4.78 is 0. The number of benzene rings is 2. The number of hydrogen-bond acceptors (Lipinski definition) is 3. The number of aliphatic hydroxyl groups is 2. The Hall–Kier alpha value is -1.58. The molecule has 2 aromatic carbocycles. The molecule has 3 aromatic rings. The summed E-state index contributed by atoms with van der Waals surface area (Å²) in [5, 5.41) is 21.8. The Kier molecular flexibility index (Phi) is 14.5. The van der Waals surface area contributed by atoms with Gasteiger partial charge in [0.1, 0.15) is 0 Å². The van der Waals surface area contributed by atoms with Crippen molar-refractivity contribution >= 4 is 10.9 Å². The van der Waals surface area contributed by atoms with Crippen molar-refractivity contribution in [3.63, 3.8) is 0 Å². The summed E-state index contributed by atoms with van der Waals surface area (Å²) in [5.41, 5.74) is 7.14. The van der Waals surface area contributed by atoms with Gasteiger partial charge in [-0.15, -0.1) is 34.9 Å². The molecule has 2 atom stereocenters. The van der Waals surface area contributed by atoms with E-state index in [1.807, 2.05) is 6.92 Å². The minimum atomic E-state index is -0.370. The Morgan fingerprint density at radius 2 is 1.43 bits per heavy atom. The summed E-state index contributed by atoms with van der Waals surface area (Å²) in [6.45, 7) is 14.6. The molecule has 3 nitrogen and oxygen atoms in total. The fraction of sp³-hybridized carbons (Fsp3) is 0.583. The van der Waals surface area contributed by atoms with Gasteiger partial charge < -0.3 is 10.2 Å². The predicted molar refractivity (Wildman–Crippen MR) is 166 cm³/mol. The third-order valence-corrected chi connectivity index (χ3v) is 9.13.